The Morgan fingerprint density at radius 3 is 2.94 bits per heavy atom. The minimum atomic E-state index is 0.263. The molecule has 1 rings (SSSR count). The first-order chi connectivity index (χ1) is 7.59. The van der Waals surface area contributed by atoms with Gasteiger partial charge < -0.3 is 15.4 Å². The molecule has 0 radical (unpaired) electrons. The number of amidine groups is 1. The molecule has 1 aliphatic rings. The third-order valence-corrected chi connectivity index (χ3v) is 2.95. The quantitative estimate of drug-likeness (QED) is 0.408. The molecule has 1 aliphatic heterocycles. The molecule has 4 nitrogen and oxygen atoms in total. The summed E-state index contributed by atoms with van der Waals surface area (Å²) in [6.45, 7) is 8.97. The second-order valence-corrected chi connectivity index (χ2v) is 5.06. The zero-order chi connectivity index (χ0) is 12.0. The molecule has 1 atom stereocenters. The Kier molecular flexibility index (Phi) is 5.77. The lowest BCUT2D eigenvalue weighted by atomic mass is 9.97. The maximum Gasteiger partial charge on any atom is 0.0949 e. The Bertz CT molecular complexity index is 218. The summed E-state index contributed by atoms with van der Waals surface area (Å²) in [5.74, 6) is 1.21. The molecular weight excluding hydrogens is 202 g/mol. The third-order valence-electron chi connectivity index (χ3n) is 2.95. The summed E-state index contributed by atoms with van der Waals surface area (Å²) >= 11 is 0. The van der Waals surface area contributed by atoms with E-state index in [0.717, 1.165) is 45.7 Å². The average Bonchev–Trinajstić information content (AvgIpc) is 2.24. The van der Waals surface area contributed by atoms with Crippen LogP contribution in [0.2, 0.25) is 0 Å². The number of rotatable bonds is 6. The zero-order valence-electron chi connectivity index (χ0n) is 10.5. The van der Waals surface area contributed by atoms with Gasteiger partial charge in [-0.1, -0.05) is 13.8 Å². The van der Waals surface area contributed by atoms with Crippen molar-refractivity contribution in [2.75, 3.05) is 32.8 Å². The number of nitrogens with two attached hydrogens (primary N) is 1. The fourth-order valence-electron chi connectivity index (χ4n) is 2.03. The van der Waals surface area contributed by atoms with Crippen LogP contribution in [-0.2, 0) is 4.74 Å². The molecule has 0 saturated carbocycles. The van der Waals surface area contributed by atoms with Gasteiger partial charge in [-0.2, -0.15) is 0 Å². The van der Waals surface area contributed by atoms with Crippen molar-refractivity contribution < 1.29 is 4.74 Å². The molecule has 0 bridgehead atoms. The Labute approximate surface area is 98.6 Å². The number of piperidine rings is 1. The largest absolute Gasteiger partial charge is 0.387 e. The highest BCUT2D eigenvalue weighted by atomic mass is 16.5. The smallest absolute Gasteiger partial charge is 0.0949 e. The van der Waals surface area contributed by atoms with Crippen molar-refractivity contribution in [1.29, 1.82) is 5.41 Å². The molecule has 3 N–H and O–H groups in total. The third kappa shape index (κ3) is 4.94. The fourth-order valence-corrected chi connectivity index (χ4v) is 2.03. The highest BCUT2D eigenvalue weighted by Gasteiger charge is 2.21. The molecule has 0 aromatic heterocycles. The average molecular weight is 227 g/mol. The van der Waals surface area contributed by atoms with E-state index in [1.54, 1.807) is 0 Å². The van der Waals surface area contributed by atoms with Crippen molar-refractivity contribution in [2.24, 2.45) is 17.6 Å². The van der Waals surface area contributed by atoms with E-state index < -0.39 is 0 Å². The standard InChI is InChI=1S/C12H25N3O/c1-10(2)9-16-7-6-15-5-3-4-11(8-15)12(13)14/h10-11H,3-9H2,1-2H3,(H3,13,14). The van der Waals surface area contributed by atoms with Gasteiger partial charge in [0.1, 0.15) is 0 Å². The number of hydrogen-bond donors (Lipinski definition) is 2. The van der Waals surface area contributed by atoms with Crippen LogP contribution in [0.4, 0.5) is 0 Å². The van der Waals surface area contributed by atoms with Crippen molar-refractivity contribution in [3.63, 3.8) is 0 Å². The molecule has 1 heterocycles. The van der Waals surface area contributed by atoms with Gasteiger partial charge in [0.2, 0.25) is 0 Å². The van der Waals surface area contributed by atoms with Gasteiger partial charge in [0.05, 0.1) is 12.4 Å². The summed E-state index contributed by atoms with van der Waals surface area (Å²) in [6, 6.07) is 0. The van der Waals surface area contributed by atoms with Crippen LogP contribution in [0.15, 0.2) is 0 Å². The van der Waals surface area contributed by atoms with Crippen molar-refractivity contribution in [1.82, 2.24) is 4.90 Å². The van der Waals surface area contributed by atoms with E-state index >= 15 is 0 Å². The molecule has 0 amide bonds. The molecule has 1 unspecified atom stereocenters. The normalized spacial score (nSPS) is 22.6. The van der Waals surface area contributed by atoms with Gasteiger partial charge in [-0.25, -0.2) is 0 Å². The van der Waals surface area contributed by atoms with Gasteiger partial charge in [0.25, 0.3) is 0 Å². The van der Waals surface area contributed by atoms with E-state index in [1.807, 2.05) is 0 Å². The summed E-state index contributed by atoms with van der Waals surface area (Å²) < 4.78 is 5.57. The summed E-state index contributed by atoms with van der Waals surface area (Å²) in [5.41, 5.74) is 5.55. The second-order valence-electron chi connectivity index (χ2n) is 5.06. The highest BCUT2D eigenvalue weighted by molar-refractivity contribution is 5.79. The first kappa shape index (κ1) is 13.5. The number of ether oxygens (including phenoxy) is 1. The van der Waals surface area contributed by atoms with Crippen molar-refractivity contribution in [3.8, 4) is 0 Å². The Hall–Kier alpha value is -0.610. The molecule has 0 aromatic carbocycles. The van der Waals surface area contributed by atoms with Crippen LogP contribution < -0.4 is 5.73 Å². The van der Waals surface area contributed by atoms with E-state index in [-0.39, 0.29) is 5.92 Å². The minimum absolute atomic E-state index is 0.263. The predicted molar refractivity (Wildman–Crippen MR) is 66.7 cm³/mol. The number of likely N-dealkylation sites (tertiary alicyclic amines) is 1. The number of hydrogen-bond acceptors (Lipinski definition) is 3. The molecule has 4 heteroatoms. The van der Waals surface area contributed by atoms with Crippen molar-refractivity contribution in [2.45, 2.75) is 26.7 Å². The molecule has 0 aliphatic carbocycles. The lowest BCUT2D eigenvalue weighted by Gasteiger charge is -2.31. The molecule has 16 heavy (non-hydrogen) atoms. The van der Waals surface area contributed by atoms with Crippen LogP contribution in [0, 0.1) is 17.2 Å². The molecule has 0 spiro atoms. The van der Waals surface area contributed by atoms with Gasteiger partial charge in [-0.3, -0.25) is 5.41 Å². The Morgan fingerprint density at radius 1 is 1.56 bits per heavy atom. The summed E-state index contributed by atoms with van der Waals surface area (Å²) in [7, 11) is 0. The summed E-state index contributed by atoms with van der Waals surface area (Å²) in [5, 5.41) is 7.47. The molecular formula is C12H25N3O. The van der Waals surface area contributed by atoms with Crippen LogP contribution >= 0.6 is 0 Å². The number of nitrogens with one attached hydrogen (secondary N) is 1. The highest BCUT2D eigenvalue weighted by Crippen LogP contribution is 2.15. The SMILES string of the molecule is CC(C)COCCN1CCCC(C(=N)N)C1. The van der Waals surface area contributed by atoms with Gasteiger partial charge in [-0.15, -0.1) is 0 Å². The monoisotopic (exact) mass is 227 g/mol. The summed E-state index contributed by atoms with van der Waals surface area (Å²) in [4.78, 5) is 2.36. The second kappa shape index (κ2) is 6.86. The zero-order valence-corrected chi connectivity index (χ0v) is 10.5. The van der Waals surface area contributed by atoms with Gasteiger partial charge in [-0.05, 0) is 25.3 Å². The topological polar surface area (TPSA) is 62.3 Å². The molecule has 94 valence electrons. The van der Waals surface area contributed by atoms with E-state index in [0.29, 0.717) is 11.8 Å². The summed E-state index contributed by atoms with van der Waals surface area (Å²) in [6.07, 6.45) is 2.22. The van der Waals surface area contributed by atoms with Gasteiger partial charge in [0.15, 0.2) is 0 Å². The van der Waals surface area contributed by atoms with E-state index in [2.05, 4.69) is 18.7 Å². The predicted octanol–water partition coefficient (Wildman–Crippen LogP) is 1.31. The molecule has 1 fully saturated rings. The van der Waals surface area contributed by atoms with Gasteiger partial charge in [0, 0.05) is 25.6 Å². The van der Waals surface area contributed by atoms with E-state index in [9.17, 15) is 0 Å². The fraction of sp³-hybridized carbons (Fsp3) is 0.917. The van der Waals surface area contributed by atoms with Crippen LogP contribution in [0.25, 0.3) is 0 Å². The lowest BCUT2D eigenvalue weighted by molar-refractivity contribution is 0.0762. The van der Waals surface area contributed by atoms with Crippen molar-refractivity contribution >= 4 is 5.84 Å². The number of nitrogens with zero attached hydrogens (tertiary/aromatic N) is 1. The Balaban J connectivity index is 2.14. The molecule has 0 aromatic rings. The van der Waals surface area contributed by atoms with Crippen molar-refractivity contribution in [3.05, 3.63) is 0 Å². The maximum absolute atomic E-state index is 7.47. The van der Waals surface area contributed by atoms with Crippen LogP contribution in [-0.4, -0.2) is 43.6 Å². The minimum Gasteiger partial charge on any atom is -0.387 e. The van der Waals surface area contributed by atoms with Gasteiger partial charge >= 0.3 is 0 Å². The first-order valence-corrected chi connectivity index (χ1v) is 6.23. The van der Waals surface area contributed by atoms with E-state index in [4.69, 9.17) is 15.9 Å². The van der Waals surface area contributed by atoms with Crippen LogP contribution in [0.1, 0.15) is 26.7 Å². The lowest BCUT2D eigenvalue weighted by Crippen LogP contribution is -2.42. The first-order valence-electron chi connectivity index (χ1n) is 6.23. The molecule has 1 saturated heterocycles. The van der Waals surface area contributed by atoms with Crippen LogP contribution in [0.3, 0.4) is 0 Å². The van der Waals surface area contributed by atoms with Crippen LogP contribution in [0.5, 0.6) is 0 Å². The van der Waals surface area contributed by atoms with E-state index in [1.165, 1.54) is 0 Å². The maximum atomic E-state index is 7.47. The Morgan fingerprint density at radius 2 is 2.31 bits per heavy atom.